The lowest BCUT2D eigenvalue weighted by Crippen LogP contribution is -2.01. The number of rotatable bonds is 0. The zero-order valence-corrected chi connectivity index (χ0v) is 7.15. The SMILES string of the molecule is Nc1nc(Cl)nc2c(N)ncnc12. The Kier molecular flexibility index (Phi) is 1.63. The van der Waals surface area contributed by atoms with Crippen LogP contribution in [0, 0.1) is 0 Å². The van der Waals surface area contributed by atoms with E-state index in [0.29, 0.717) is 11.0 Å². The molecule has 0 unspecified atom stereocenters. The van der Waals surface area contributed by atoms with Gasteiger partial charge in [-0.15, -0.1) is 0 Å². The first-order chi connectivity index (χ1) is 6.18. The van der Waals surface area contributed by atoms with Gasteiger partial charge >= 0.3 is 0 Å². The van der Waals surface area contributed by atoms with Crippen LogP contribution < -0.4 is 11.5 Å². The Labute approximate surface area is 78.0 Å². The van der Waals surface area contributed by atoms with E-state index in [1.165, 1.54) is 6.33 Å². The summed E-state index contributed by atoms with van der Waals surface area (Å²) in [5, 5.41) is 0.0338. The summed E-state index contributed by atoms with van der Waals surface area (Å²) in [6.45, 7) is 0. The minimum atomic E-state index is 0.0338. The van der Waals surface area contributed by atoms with Crippen LogP contribution in [0.4, 0.5) is 11.6 Å². The predicted molar refractivity (Wildman–Crippen MR) is 49.0 cm³/mol. The quantitative estimate of drug-likeness (QED) is 0.585. The third-order valence-corrected chi connectivity index (χ3v) is 1.68. The fourth-order valence-electron chi connectivity index (χ4n) is 0.960. The van der Waals surface area contributed by atoms with Gasteiger partial charge in [0.15, 0.2) is 11.6 Å². The second-order valence-electron chi connectivity index (χ2n) is 2.33. The molecule has 0 spiro atoms. The molecular weight excluding hydrogens is 192 g/mol. The van der Waals surface area contributed by atoms with Crippen molar-refractivity contribution in [3.05, 3.63) is 11.6 Å². The van der Waals surface area contributed by atoms with Gasteiger partial charge in [-0.25, -0.2) is 15.0 Å². The Hall–Kier alpha value is -1.69. The molecule has 6 nitrogen and oxygen atoms in total. The molecule has 0 radical (unpaired) electrons. The van der Waals surface area contributed by atoms with Gasteiger partial charge in [0, 0.05) is 0 Å². The number of anilines is 2. The lowest BCUT2D eigenvalue weighted by Gasteiger charge is -2.01. The average Bonchev–Trinajstić information content (AvgIpc) is 2.07. The van der Waals surface area contributed by atoms with E-state index in [1.807, 2.05) is 0 Å². The molecule has 2 rings (SSSR count). The molecule has 0 aliphatic heterocycles. The minimum Gasteiger partial charge on any atom is -0.382 e. The van der Waals surface area contributed by atoms with Crippen LogP contribution in [0.25, 0.3) is 11.0 Å². The summed E-state index contributed by atoms with van der Waals surface area (Å²) in [6.07, 6.45) is 1.30. The second kappa shape index (κ2) is 2.67. The van der Waals surface area contributed by atoms with Crippen LogP contribution in [-0.4, -0.2) is 19.9 Å². The first-order valence-corrected chi connectivity index (χ1v) is 3.75. The number of fused-ring (bicyclic) bond motifs is 1. The van der Waals surface area contributed by atoms with Crippen molar-refractivity contribution in [1.82, 2.24) is 19.9 Å². The number of nitrogens with two attached hydrogens (primary N) is 2. The highest BCUT2D eigenvalue weighted by molar-refractivity contribution is 6.28. The van der Waals surface area contributed by atoms with Gasteiger partial charge in [-0.3, -0.25) is 0 Å². The van der Waals surface area contributed by atoms with Crippen LogP contribution in [-0.2, 0) is 0 Å². The van der Waals surface area contributed by atoms with E-state index in [9.17, 15) is 0 Å². The van der Waals surface area contributed by atoms with Crippen LogP contribution in [0.5, 0.6) is 0 Å². The maximum Gasteiger partial charge on any atom is 0.225 e. The van der Waals surface area contributed by atoms with Gasteiger partial charge in [0.25, 0.3) is 0 Å². The Morgan fingerprint density at radius 2 is 1.77 bits per heavy atom. The van der Waals surface area contributed by atoms with E-state index < -0.39 is 0 Å². The number of aromatic nitrogens is 4. The maximum absolute atomic E-state index is 5.58. The first-order valence-electron chi connectivity index (χ1n) is 3.37. The van der Waals surface area contributed by atoms with Crippen molar-refractivity contribution in [1.29, 1.82) is 0 Å². The molecule has 66 valence electrons. The fourth-order valence-corrected chi connectivity index (χ4v) is 1.14. The standard InChI is InChI=1S/C6H5ClN6/c7-6-12-3-2(5(9)13-6)10-1-11-4(3)8/h1H,(H2,8,10,11)(H2,9,12,13). The Morgan fingerprint density at radius 3 is 2.54 bits per heavy atom. The number of nitrogen functional groups attached to an aromatic ring is 2. The minimum absolute atomic E-state index is 0.0338. The van der Waals surface area contributed by atoms with Crippen LogP contribution in [0.1, 0.15) is 0 Å². The Balaban J connectivity index is 2.94. The van der Waals surface area contributed by atoms with Crippen molar-refractivity contribution in [2.75, 3.05) is 11.5 Å². The van der Waals surface area contributed by atoms with E-state index in [1.54, 1.807) is 0 Å². The molecule has 0 amide bonds. The Bertz CT molecular complexity index is 470. The first kappa shape index (κ1) is 7.93. The van der Waals surface area contributed by atoms with Crippen molar-refractivity contribution < 1.29 is 0 Å². The number of nitrogens with zero attached hydrogens (tertiary/aromatic N) is 4. The lowest BCUT2D eigenvalue weighted by atomic mass is 10.4. The van der Waals surface area contributed by atoms with E-state index >= 15 is 0 Å². The molecule has 0 aliphatic carbocycles. The van der Waals surface area contributed by atoms with Gasteiger partial charge in [-0.2, -0.15) is 4.98 Å². The molecule has 0 aliphatic rings. The smallest absolute Gasteiger partial charge is 0.225 e. The average molecular weight is 197 g/mol. The van der Waals surface area contributed by atoms with Gasteiger partial charge in [-0.05, 0) is 11.6 Å². The summed E-state index contributed by atoms with van der Waals surface area (Å²) < 4.78 is 0. The molecule has 0 aromatic carbocycles. The highest BCUT2D eigenvalue weighted by Gasteiger charge is 2.07. The Morgan fingerprint density at radius 1 is 1.00 bits per heavy atom. The summed E-state index contributed by atoms with van der Waals surface area (Å²) in [6, 6.07) is 0. The van der Waals surface area contributed by atoms with Crippen molar-refractivity contribution in [3.8, 4) is 0 Å². The lowest BCUT2D eigenvalue weighted by molar-refractivity contribution is 1.16. The van der Waals surface area contributed by atoms with Crippen molar-refractivity contribution in [2.24, 2.45) is 0 Å². The molecule has 0 bridgehead atoms. The second-order valence-corrected chi connectivity index (χ2v) is 2.67. The molecule has 2 heterocycles. The topological polar surface area (TPSA) is 104 Å². The van der Waals surface area contributed by atoms with Crippen LogP contribution in [0.15, 0.2) is 6.33 Å². The normalized spacial score (nSPS) is 10.5. The van der Waals surface area contributed by atoms with E-state index in [4.69, 9.17) is 23.1 Å². The van der Waals surface area contributed by atoms with Crippen LogP contribution >= 0.6 is 11.6 Å². The summed E-state index contributed by atoms with van der Waals surface area (Å²) >= 11 is 5.58. The van der Waals surface area contributed by atoms with Crippen molar-refractivity contribution in [2.45, 2.75) is 0 Å². The fraction of sp³-hybridized carbons (Fsp3) is 0. The number of hydrogen-bond donors (Lipinski definition) is 2. The van der Waals surface area contributed by atoms with Crippen molar-refractivity contribution in [3.63, 3.8) is 0 Å². The molecule has 2 aromatic heterocycles. The zero-order chi connectivity index (χ0) is 9.42. The van der Waals surface area contributed by atoms with E-state index in [-0.39, 0.29) is 16.9 Å². The number of halogens is 1. The van der Waals surface area contributed by atoms with Crippen LogP contribution in [0.3, 0.4) is 0 Å². The summed E-state index contributed by atoms with van der Waals surface area (Å²) in [5.41, 5.74) is 11.9. The molecule has 4 N–H and O–H groups in total. The monoisotopic (exact) mass is 196 g/mol. The largest absolute Gasteiger partial charge is 0.382 e. The summed E-state index contributed by atoms with van der Waals surface area (Å²) in [5.74, 6) is 0.435. The number of hydrogen-bond acceptors (Lipinski definition) is 6. The van der Waals surface area contributed by atoms with Crippen molar-refractivity contribution >= 4 is 34.3 Å². The molecule has 0 fully saturated rings. The van der Waals surface area contributed by atoms with Gasteiger partial charge in [0.1, 0.15) is 17.4 Å². The van der Waals surface area contributed by atoms with Gasteiger partial charge in [0.2, 0.25) is 5.28 Å². The molecule has 0 saturated carbocycles. The molecular formula is C6H5ClN6. The van der Waals surface area contributed by atoms with Gasteiger partial charge in [0.05, 0.1) is 0 Å². The van der Waals surface area contributed by atoms with E-state index in [0.717, 1.165) is 0 Å². The molecule has 7 heteroatoms. The summed E-state index contributed by atoms with van der Waals surface area (Å²) in [4.78, 5) is 15.2. The van der Waals surface area contributed by atoms with Gasteiger partial charge < -0.3 is 11.5 Å². The van der Waals surface area contributed by atoms with Gasteiger partial charge in [-0.1, -0.05) is 0 Å². The maximum atomic E-state index is 5.58. The molecule has 0 atom stereocenters. The molecule has 2 aromatic rings. The predicted octanol–water partition coefficient (Wildman–Crippen LogP) is 0.238. The highest BCUT2D eigenvalue weighted by Crippen LogP contribution is 2.19. The summed E-state index contributed by atoms with van der Waals surface area (Å²) in [7, 11) is 0. The van der Waals surface area contributed by atoms with E-state index in [2.05, 4.69) is 19.9 Å². The molecule has 13 heavy (non-hydrogen) atoms. The zero-order valence-electron chi connectivity index (χ0n) is 6.40. The highest BCUT2D eigenvalue weighted by atomic mass is 35.5. The molecule has 0 saturated heterocycles. The third kappa shape index (κ3) is 1.20. The van der Waals surface area contributed by atoms with Crippen LogP contribution in [0.2, 0.25) is 5.28 Å². The third-order valence-electron chi connectivity index (χ3n) is 1.51.